The van der Waals surface area contributed by atoms with E-state index in [1.165, 1.54) is 6.42 Å². The first-order chi connectivity index (χ1) is 9.35. The van der Waals surface area contributed by atoms with Crippen LogP contribution in [0.5, 0.6) is 0 Å². The minimum absolute atomic E-state index is 0.0862. The summed E-state index contributed by atoms with van der Waals surface area (Å²) in [6.45, 7) is 0.710. The Morgan fingerprint density at radius 1 is 1.45 bits per heavy atom. The topological polar surface area (TPSA) is 36.4 Å². The molecule has 1 saturated carbocycles. The highest BCUT2D eigenvalue weighted by molar-refractivity contribution is 9.10. The number of carbonyl (C=O) groups excluding carboxylic acids is 1. The lowest BCUT2D eigenvalue weighted by atomic mass is 9.75. The van der Waals surface area contributed by atoms with Crippen LogP contribution in [-0.4, -0.2) is 53.9 Å². The summed E-state index contributed by atoms with van der Waals surface area (Å²) in [6.07, 6.45) is 5.07. The fourth-order valence-corrected chi connectivity index (χ4v) is 3.14. The summed E-state index contributed by atoms with van der Waals surface area (Å²) in [5.41, 5.74) is 0.549. The number of likely N-dealkylation sites (N-methyl/N-ethyl adjacent to an activating group) is 2. The molecule has 0 unspecified atom stereocenters. The molecule has 0 N–H and O–H groups in total. The second-order valence-corrected chi connectivity index (χ2v) is 6.90. The summed E-state index contributed by atoms with van der Waals surface area (Å²) in [6, 6.07) is 1.72. The molecule has 1 heterocycles. The van der Waals surface area contributed by atoms with Crippen molar-refractivity contribution in [3.05, 3.63) is 27.5 Å². The Kier molecular flexibility index (Phi) is 4.72. The number of halogens is 2. The number of amides is 1. The molecule has 0 spiro atoms. The Morgan fingerprint density at radius 2 is 2.10 bits per heavy atom. The van der Waals surface area contributed by atoms with E-state index in [-0.39, 0.29) is 16.6 Å². The van der Waals surface area contributed by atoms with Crippen LogP contribution in [0.4, 0.5) is 0 Å². The van der Waals surface area contributed by atoms with E-state index >= 15 is 0 Å². The number of aromatic nitrogens is 1. The van der Waals surface area contributed by atoms with E-state index in [1.54, 1.807) is 17.2 Å². The van der Waals surface area contributed by atoms with Gasteiger partial charge < -0.3 is 9.80 Å². The van der Waals surface area contributed by atoms with Gasteiger partial charge in [0.2, 0.25) is 0 Å². The van der Waals surface area contributed by atoms with Gasteiger partial charge in [0.1, 0.15) is 5.15 Å². The number of pyridine rings is 1. The molecule has 0 radical (unpaired) electrons. The third kappa shape index (κ3) is 3.00. The predicted molar refractivity (Wildman–Crippen MR) is 84.2 cm³/mol. The average Bonchev–Trinajstić information content (AvgIpc) is 2.35. The predicted octanol–water partition coefficient (Wildman–Crippen LogP) is 3.05. The van der Waals surface area contributed by atoms with Crippen LogP contribution in [0.25, 0.3) is 0 Å². The van der Waals surface area contributed by atoms with Crippen LogP contribution in [0.2, 0.25) is 5.15 Å². The van der Waals surface area contributed by atoms with Gasteiger partial charge in [-0.2, -0.15) is 0 Å². The van der Waals surface area contributed by atoms with Crippen molar-refractivity contribution in [1.29, 1.82) is 0 Å². The van der Waals surface area contributed by atoms with E-state index in [0.717, 1.165) is 17.3 Å². The molecule has 0 bridgehead atoms. The first-order valence-corrected chi connectivity index (χ1v) is 7.77. The first kappa shape index (κ1) is 15.7. The molecular formula is C14H19BrClN3O. The smallest absolute Gasteiger partial charge is 0.256 e. The standard InChI is InChI=1S/C14H19BrClN3O/c1-18(2)14(5-4-6-14)9-19(3)13(20)11-7-10(15)8-17-12(11)16/h7-8H,4-6,9H2,1-3H3. The average molecular weight is 361 g/mol. The van der Waals surface area contributed by atoms with E-state index in [4.69, 9.17) is 11.6 Å². The normalized spacial score (nSPS) is 16.9. The van der Waals surface area contributed by atoms with Crippen LogP contribution < -0.4 is 0 Å². The van der Waals surface area contributed by atoms with E-state index in [0.29, 0.717) is 12.1 Å². The largest absolute Gasteiger partial charge is 0.340 e. The van der Waals surface area contributed by atoms with Crippen molar-refractivity contribution < 1.29 is 4.79 Å². The van der Waals surface area contributed by atoms with Crippen LogP contribution in [0, 0.1) is 0 Å². The molecule has 1 fully saturated rings. The van der Waals surface area contributed by atoms with Crippen LogP contribution in [0.3, 0.4) is 0 Å². The van der Waals surface area contributed by atoms with Crippen molar-refractivity contribution >= 4 is 33.4 Å². The van der Waals surface area contributed by atoms with E-state index in [1.807, 2.05) is 7.05 Å². The molecule has 110 valence electrons. The highest BCUT2D eigenvalue weighted by atomic mass is 79.9. The zero-order valence-corrected chi connectivity index (χ0v) is 14.3. The van der Waals surface area contributed by atoms with Crippen molar-refractivity contribution in [1.82, 2.24) is 14.8 Å². The molecule has 4 nitrogen and oxygen atoms in total. The highest BCUT2D eigenvalue weighted by Gasteiger charge is 2.40. The molecule has 0 saturated heterocycles. The minimum Gasteiger partial charge on any atom is -0.340 e. The third-order valence-corrected chi connectivity index (χ3v) is 4.88. The van der Waals surface area contributed by atoms with Crippen LogP contribution in [0.15, 0.2) is 16.7 Å². The lowest BCUT2D eigenvalue weighted by Crippen LogP contribution is -2.57. The molecule has 1 aliphatic rings. The Hall–Kier alpha value is -0.650. The molecule has 0 aromatic carbocycles. The molecule has 1 aromatic heterocycles. The summed E-state index contributed by atoms with van der Waals surface area (Å²) in [5, 5.41) is 0.248. The zero-order chi connectivity index (χ0) is 14.9. The number of rotatable bonds is 4. The van der Waals surface area contributed by atoms with Crippen LogP contribution >= 0.6 is 27.5 Å². The number of nitrogens with zero attached hydrogens (tertiary/aromatic N) is 3. The molecule has 0 aliphatic heterocycles. The molecule has 0 atom stereocenters. The molecule has 20 heavy (non-hydrogen) atoms. The SMILES string of the molecule is CN(CC1(N(C)C)CCC1)C(=O)c1cc(Br)cnc1Cl. The lowest BCUT2D eigenvalue weighted by molar-refractivity contribution is 0.0252. The van der Waals surface area contributed by atoms with Crippen molar-refractivity contribution in [2.24, 2.45) is 0 Å². The van der Waals surface area contributed by atoms with Gasteiger partial charge in [-0.3, -0.25) is 4.79 Å². The van der Waals surface area contributed by atoms with Crippen LogP contribution in [0.1, 0.15) is 29.6 Å². The molecule has 1 amide bonds. The second-order valence-electron chi connectivity index (χ2n) is 5.63. The summed E-state index contributed by atoms with van der Waals surface area (Å²) < 4.78 is 0.754. The van der Waals surface area contributed by atoms with Gasteiger partial charge >= 0.3 is 0 Å². The van der Waals surface area contributed by atoms with E-state index in [9.17, 15) is 4.79 Å². The van der Waals surface area contributed by atoms with Crippen molar-refractivity contribution in [3.8, 4) is 0 Å². The van der Waals surface area contributed by atoms with Crippen molar-refractivity contribution in [2.75, 3.05) is 27.7 Å². The van der Waals surface area contributed by atoms with Crippen molar-refractivity contribution in [2.45, 2.75) is 24.8 Å². The second kappa shape index (κ2) is 6.00. The summed E-state index contributed by atoms with van der Waals surface area (Å²) >= 11 is 9.35. The highest BCUT2D eigenvalue weighted by Crippen LogP contribution is 2.37. The molecule has 6 heteroatoms. The minimum atomic E-state index is -0.0862. The molecular weight excluding hydrogens is 342 g/mol. The van der Waals surface area contributed by atoms with Gasteiger partial charge in [-0.25, -0.2) is 4.98 Å². The Balaban J connectivity index is 2.14. The molecule has 1 aliphatic carbocycles. The first-order valence-electron chi connectivity index (χ1n) is 6.60. The summed E-state index contributed by atoms with van der Waals surface area (Å²) in [5.74, 6) is -0.0862. The Bertz CT molecular complexity index is 517. The molecule has 1 aromatic rings. The van der Waals surface area contributed by atoms with Gasteiger partial charge in [-0.05, 0) is 55.4 Å². The van der Waals surface area contributed by atoms with Crippen molar-refractivity contribution in [3.63, 3.8) is 0 Å². The quantitative estimate of drug-likeness (QED) is 0.774. The maximum absolute atomic E-state index is 12.5. The van der Waals surface area contributed by atoms with E-state index < -0.39 is 0 Å². The maximum Gasteiger partial charge on any atom is 0.256 e. The van der Waals surface area contributed by atoms with Gasteiger partial charge in [0, 0.05) is 29.8 Å². The van der Waals surface area contributed by atoms with E-state index in [2.05, 4.69) is 39.9 Å². The lowest BCUT2D eigenvalue weighted by Gasteiger charge is -2.49. The fourth-order valence-electron chi connectivity index (χ4n) is 2.62. The van der Waals surface area contributed by atoms with Gasteiger partial charge in [-0.1, -0.05) is 11.6 Å². The summed E-state index contributed by atoms with van der Waals surface area (Å²) in [7, 11) is 5.97. The number of carbonyl (C=O) groups is 1. The van der Waals surface area contributed by atoms with Gasteiger partial charge in [0.05, 0.1) is 5.56 Å². The monoisotopic (exact) mass is 359 g/mol. The molecule has 2 rings (SSSR count). The van der Waals surface area contributed by atoms with Gasteiger partial charge in [-0.15, -0.1) is 0 Å². The van der Waals surface area contributed by atoms with Gasteiger partial charge in [0.15, 0.2) is 0 Å². The number of hydrogen-bond donors (Lipinski definition) is 0. The Labute approximate surface area is 133 Å². The maximum atomic E-state index is 12.5. The zero-order valence-electron chi connectivity index (χ0n) is 12.0. The number of hydrogen-bond acceptors (Lipinski definition) is 3. The summed E-state index contributed by atoms with van der Waals surface area (Å²) in [4.78, 5) is 20.5. The van der Waals surface area contributed by atoms with Gasteiger partial charge in [0.25, 0.3) is 5.91 Å². The van der Waals surface area contributed by atoms with Crippen LogP contribution in [-0.2, 0) is 0 Å². The third-order valence-electron chi connectivity index (χ3n) is 4.15. The fraction of sp³-hybridized carbons (Fsp3) is 0.571. The Morgan fingerprint density at radius 3 is 2.60 bits per heavy atom.